The Balaban J connectivity index is 2.03. The molecule has 19 heavy (non-hydrogen) atoms. The van der Waals surface area contributed by atoms with Crippen LogP contribution in [0.4, 0.5) is 4.79 Å². The van der Waals surface area contributed by atoms with Gasteiger partial charge in [-0.15, -0.1) is 11.3 Å². The van der Waals surface area contributed by atoms with E-state index in [4.69, 9.17) is 4.74 Å². The van der Waals surface area contributed by atoms with Crippen molar-refractivity contribution in [1.29, 1.82) is 0 Å². The summed E-state index contributed by atoms with van der Waals surface area (Å²) in [5, 5.41) is 0. The minimum absolute atomic E-state index is 0.00918. The van der Waals surface area contributed by atoms with Crippen molar-refractivity contribution in [2.24, 2.45) is 0 Å². The number of amides is 1. The van der Waals surface area contributed by atoms with Gasteiger partial charge < -0.3 is 9.64 Å². The van der Waals surface area contributed by atoms with E-state index in [2.05, 4.69) is 19.1 Å². The smallest absolute Gasteiger partial charge is 0.410 e. The molecular formula is C15H17NO2S. The summed E-state index contributed by atoms with van der Waals surface area (Å²) < 4.78 is 5.32. The number of carbonyl (C=O) groups is 1. The highest BCUT2D eigenvalue weighted by Gasteiger charge is 2.20. The monoisotopic (exact) mass is 275 g/mol. The number of benzene rings is 1. The molecule has 0 saturated heterocycles. The summed E-state index contributed by atoms with van der Waals surface area (Å²) in [6, 6.07) is 13.2. The molecule has 100 valence electrons. The van der Waals surface area contributed by atoms with Crippen LogP contribution in [0, 0.1) is 6.92 Å². The third-order valence-corrected chi connectivity index (χ3v) is 4.16. The van der Waals surface area contributed by atoms with Gasteiger partial charge in [0.1, 0.15) is 5.75 Å². The Labute approximate surface area is 117 Å². The molecule has 1 amide bonds. The molecule has 0 bridgehead atoms. The molecule has 1 atom stereocenters. The highest BCUT2D eigenvalue weighted by molar-refractivity contribution is 7.12. The number of ether oxygens (including phenoxy) is 1. The van der Waals surface area contributed by atoms with Gasteiger partial charge in [0.05, 0.1) is 6.04 Å². The number of carbonyl (C=O) groups excluding carboxylic acids is 1. The van der Waals surface area contributed by atoms with E-state index in [-0.39, 0.29) is 12.1 Å². The lowest BCUT2D eigenvalue weighted by molar-refractivity contribution is 0.149. The molecule has 0 aliphatic carbocycles. The Kier molecular flexibility index (Phi) is 4.22. The quantitative estimate of drug-likeness (QED) is 0.838. The van der Waals surface area contributed by atoms with E-state index >= 15 is 0 Å². The molecule has 1 aromatic heterocycles. The summed E-state index contributed by atoms with van der Waals surface area (Å²) in [5.41, 5.74) is 0. The van der Waals surface area contributed by atoms with Crippen molar-refractivity contribution in [2.75, 3.05) is 7.05 Å². The first-order valence-corrected chi connectivity index (χ1v) is 6.95. The van der Waals surface area contributed by atoms with Gasteiger partial charge in [-0.3, -0.25) is 0 Å². The highest BCUT2D eigenvalue weighted by Crippen LogP contribution is 2.26. The average Bonchev–Trinajstić information content (AvgIpc) is 2.85. The summed E-state index contributed by atoms with van der Waals surface area (Å²) >= 11 is 1.70. The minimum Gasteiger partial charge on any atom is -0.410 e. The Morgan fingerprint density at radius 3 is 2.47 bits per heavy atom. The zero-order chi connectivity index (χ0) is 13.8. The molecule has 0 spiro atoms. The predicted octanol–water partition coefficient (Wildman–Crippen LogP) is 4.25. The second-order valence-corrected chi connectivity index (χ2v) is 5.74. The Hall–Kier alpha value is -1.81. The van der Waals surface area contributed by atoms with Crippen LogP contribution >= 0.6 is 11.3 Å². The SMILES string of the molecule is Cc1ccc(C(C)N(C)C(=O)Oc2ccccc2)s1. The van der Waals surface area contributed by atoms with Gasteiger partial charge in [-0.05, 0) is 38.1 Å². The summed E-state index contributed by atoms with van der Waals surface area (Å²) in [5.74, 6) is 0.564. The maximum atomic E-state index is 12.0. The van der Waals surface area contributed by atoms with Crippen molar-refractivity contribution in [3.63, 3.8) is 0 Å². The van der Waals surface area contributed by atoms with Crippen LogP contribution in [-0.4, -0.2) is 18.0 Å². The maximum absolute atomic E-state index is 12.0. The van der Waals surface area contributed by atoms with E-state index in [9.17, 15) is 4.79 Å². The fraction of sp³-hybridized carbons (Fsp3) is 0.267. The molecular weight excluding hydrogens is 258 g/mol. The number of nitrogens with zero attached hydrogens (tertiary/aromatic N) is 1. The van der Waals surface area contributed by atoms with Crippen molar-refractivity contribution >= 4 is 17.4 Å². The van der Waals surface area contributed by atoms with Gasteiger partial charge in [0.25, 0.3) is 0 Å². The van der Waals surface area contributed by atoms with E-state index in [0.29, 0.717) is 5.75 Å². The van der Waals surface area contributed by atoms with Crippen molar-refractivity contribution in [3.05, 3.63) is 52.2 Å². The van der Waals surface area contributed by atoms with E-state index in [1.54, 1.807) is 35.4 Å². The van der Waals surface area contributed by atoms with Gasteiger partial charge in [0.15, 0.2) is 0 Å². The summed E-state index contributed by atoms with van der Waals surface area (Å²) in [7, 11) is 1.75. The number of hydrogen-bond donors (Lipinski definition) is 0. The number of rotatable bonds is 3. The Morgan fingerprint density at radius 1 is 1.21 bits per heavy atom. The molecule has 2 aromatic rings. The van der Waals surface area contributed by atoms with Crippen molar-refractivity contribution in [2.45, 2.75) is 19.9 Å². The average molecular weight is 275 g/mol. The molecule has 0 radical (unpaired) electrons. The largest absolute Gasteiger partial charge is 0.415 e. The third-order valence-electron chi connectivity index (χ3n) is 2.99. The molecule has 1 heterocycles. The molecule has 4 heteroatoms. The lowest BCUT2D eigenvalue weighted by atomic mass is 10.2. The van der Waals surface area contributed by atoms with Gasteiger partial charge in [-0.2, -0.15) is 0 Å². The van der Waals surface area contributed by atoms with Crippen LogP contribution in [0.25, 0.3) is 0 Å². The molecule has 1 aromatic carbocycles. The lowest BCUT2D eigenvalue weighted by Gasteiger charge is -2.23. The number of para-hydroxylation sites is 1. The van der Waals surface area contributed by atoms with Crippen LogP contribution in [0.2, 0.25) is 0 Å². The van der Waals surface area contributed by atoms with Crippen molar-refractivity contribution in [3.8, 4) is 5.75 Å². The summed E-state index contributed by atoms with van der Waals surface area (Å²) in [6.07, 6.45) is -0.343. The van der Waals surface area contributed by atoms with E-state index in [0.717, 1.165) is 4.88 Å². The lowest BCUT2D eigenvalue weighted by Crippen LogP contribution is -2.31. The second-order valence-electron chi connectivity index (χ2n) is 4.42. The van der Waals surface area contributed by atoms with E-state index in [1.165, 1.54) is 4.88 Å². The second kappa shape index (κ2) is 5.89. The fourth-order valence-electron chi connectivity index (χ4n) is 1.69. The highest BCUT2D eigenvalue weighted by atomic mass is 32.1. The third kappa shape index (κ3) is 3.35. The number of aryl methyl sites for hydroxylation is 1. The molecule has 3 nitrogen and oxygen atoms in total. The molecule has 0 fully saturated rings. The van der Waals surface area contributed by atoms with E-state index in [1.807, 2.05) is 25.1 Å². The molecule has 1 unspecified atom stereocenters. The van der Waals surface area contributed by atoms with Crippen LogP contribution < -0.4 is 4.74 Å². The Bertz CT molecular complexity index is 550. The zero-order valence-corrected chi connectivity index (χ0v) is 12.1. The van der Waals surface area contributed by atoms with Crippen LogP contribution in [0.1, 0.15) is 22.7 Å². The molecule has 2 rings (SSSR count). The summed E-state index contributed by atoms with van der Waals surface area (Å²) in [6.45, 7) is 4.06. The number of hydrogen-bond acceptors (Lipinski definition) is 3. The maximum Gasteiger partial charge on any atom is 0.415 e. The van der Waals surface area contributed by atoms with Crippen molar-refractivity contribution < 1.29 is 9.53 Å². The van der Waals surface area contributed by atoms with Crippen LogP contribution in [-0.2, 0) is 0 Å². The first-order chi connectivity index (χ1) is 9.08. The predicted molar refractivity (Wildman–Crippen MR) is 77.7 cm³/mol. The standard InChI is InChI=1S/C15H17NO2S/c1-11-9-10-14(19-11)12(2)16(3)15(17)18-13-7-5-4-6-8-13/h4-10,12H,1-3H3. The van der Waals surface area contributed by atoms with Crippen LogP contribution in [0.15, 0.2) is 42.5 Å². The number of thiophene rings is 1. The van der Waals surface area contributed by atoms with Gasteiger partial charge in [-0.1, -0.05) is 18.2 Å². The first kappa shape index (κ1) is 13.6. The van der Waals surface area contributed by atoms with Crippen molar-refractivity contribution in [1.82, 2.24) is 4.90 Å². The van der Waals surface area contributed by atoms with Crippen LogP contribution in [0.3, 0.4) is 0 Å². The minimum atomic E-state index is -0.343. The normalized spacial score (nSPS) is 11.9. The van der Waals surface area contributed by atoms with Gasteiger partial charge in [0.2, 0.25) is 0 Å². The molecule has 0 N–H and O–H groups in total. The molecule has 0 aliphatic heterocycles. The Morgan fingerprint density at radius 2 is 1.89 bits per heavy atom. The molecule has 0 saturated carbocycles. The van der Waals surface area contributed by atoms with Gasteiger partial charge in [0, 0.05) is 16.8 Å². The topological polar surface area (TPSA) is 29.5 Å². The van der Waals surface area contributed by atoms with Crippen LogP contribution in [0.5, 0.6) is 5.75 Å². The zero-order valence-electron chi connectivity index (χ0n) is 11.3. The van der Waals surface area contributed by atoms with E-state index < -0.39 is 0 Å². The summed E-state index contributed by atoms with van der Waals surface area (Å²) in [4.78, 5) is 16.1. The first-order valence-electron chi connectivity index (χ1n) is 6.14. The molecule has 0 aliphatic rings. The van der Waals surface area contributed by atoms with Gasteiger partial charge in [-0.25, -0.2) is 4.79 Å². The van der Waals surface area contributed by atoms with Gasteiger partial charge >= 0.3 is 6.09 Å². The fourth-order valence-corrected chi connectivity index (χ4v) is 2.66.